The van der Waals surface area contributed by atoms with Crippen LogP contribution in [0.25, 0.3) is 160 Å². The summed E-state index contributed by atoms with van der Waals surface area (Å²) in [5.41, 5.74) is 19.5. The molecule has 14 aromatic carbocycles. The topological polar surface area (TPSA) is 82.3 Å². The zero-order valence-corrected chi connectivity index (χ0v) is 58.3. The zero-order chi connectivity index (χ0) is 68.6. The first-order valence-corrected chi connectivity index (χ1v) is 35.4. The van der Waals surface area contributed by atoms with Gasteiger partial charge in [0.2, 0.25) is 0 Å². The quantitative estimate of drug-likeness (QED) is 0.165. The van der Waals surface area contributed by atoms with E-state index in [-0.39, 0.29) is 0 Å². The average Bonchev–Trinajstić information content (AvgIpc) is 1.56. The Bertz CT molecular complexity index is 6390. The van der Waals surface area contributed by atoms with E-state index >= 15 is 0 Å². The van der Waals surface area contributed by atoms with Crippen LogP contribution < -0.4 is 0 Å². The number of halogens is 3. The van der Waals surface area contributed by atoms with E-state index in [4.69, 9.17) is 43.1 Å². The smallest absolute Gasteiger partial charge is 0.163 e. The number of aryl methyl sites for hydroxylation is 1. The van der Waals surface area contributed by atoms with E-state index in [0.717, 1.165) is 98.2 Å². The van der Waals surface area contributed by atoms with Crippen molar-refractivity contribution >= 4 is 126 Å². The van der Waals surface area contributed by atoms with E-state index in [1.807, 2.05) is 78.9 Å². The van der Waals surface area contributed by atoms with E-state index in [1.54, 1.807) is 12.4 Å². The first-order valence-electron chi connectivity index (χ1n) is 33.8. The second-order valence-electron chi connectivity index (χ2n) is 25.4. The molecule has 0 radical (unpaired) electrons. The van der Waals surface area contributed by atoms with Gasteiger partial charge >= 0.3 is 0 Å². The van der Waals surface area contributed by atoms with Crippen LogP contribution in [0, 0.1) is 6.92 Å². The Kier molecular flexibility index (Phi) is 17.1. The zero-order valence-electron chi connectivity index (χ0n) is 55.2. The van der Waals surface area contributed by atoms with Crippen LogP contribution in [0.5, 0.6) is 0 Å². The summed E-state index contributed by atoms with van der Waals surface area (Å²) in [6.07, 6.45) is 4.55. The summed E-state index contributed by atoms with van der Waals surface area (Å²) < 4.78 is 3.32. The summed E-state index contributed by atoms with van der Waals surface area (Å²) >= 11 is 16.6. The minimum Gasteiger partial charge on any atom is -0.309 e. The molecule has 5 heterocycles. The number of aromatic nitrogens is 7. The van der Waals surface area contributed by atoms with Gasteiger partial charge < -0.3 is 4.57 Å². The first-order chi connectivity index (χ1) is 50.2. The van der Waals surface area contributed by atoms with Gasteiger partial charge in [-0.05, 0) is 181 Å². The van der Waals surface area contributed by atoms with Crippen LogP contribution >= 0.6 is 39.1 Å². The molecule has 0 aliphatic heterocycles. The molecule has 0 saturated heterocycles. The molecule has 5 aromatic heterocycles. The number of pyridine rings is 2. The summed E-state index contributed by atoms with van der Waals surface area (Å²) in [6.45, 7) is 2.11. The predicted octanol–water partition coefficient (Wildman–Crippen LogP) is 25.4. The number of hydrogen-bond donors (Lipinski definition) is 0. The molecule has 0 amide bonds. The highest BCUT2D eigenvalue weighted by atomic mass is 79.9. The lowest BCUT2D eigenvalue weighted by Crippen LogP contribution is -1.98. The molecule has 1 aliphatic rings. The van der Waals surface area contributed by atoms with Crippen LogP contribution in [-0.2, 0) is 6.42 Å². The van der Waals surface area contributed by atoms with Gasteiger partial charge in [0.05, 0.1) is 27.4 Å². The molecule has 0 fully saturated rings. The Morgan fingerprint density at radius 2 is 0.804 bits per heavy atom. The molecule has 0 saturated carbocycles. The van der Waals surface area contributed by atoms with Crippen LogP contribution in [0.2, 0.25) is 10.0 Å². The lowest BCUT2D eigenvalue weighted by molar-refractivity contribution is 1.17. The van der Waals surface area contributed by atoms with E-state index in [9.17, 15) is 0 Å². The van der Waals surface area contributed by atoms with Crippen molar-refractivity contribution in [3.63, 3.8) is 0 Å². The normalized spacial score (nSPS) is 11.5. The minimum atomic E-state index is 0.641. The summed E-state index contributed by atoms with van der Waals surface area (Å²) in [7, 11) is 0. The van der Waals surface area contributed by atoms with Gasteiger partial charge in [0.25, 0.3) is 0 Å². The largest absolute Gasteiger partial charge is 0.309 e. The van der Waals surface area contributed by atoms with Gasteiger partial charge in [-0.1, -0.05) is 269 Å². The van der Waals surface area contributed by atoms with E-state index < -0.39 is 0 Å². The maximum atomic E-state index is 6.81. The molecule has 0 unspecified atom stereocenters. The average molecular weight is 1410 g/mol. The van der Waals surface area contributed by atoms with Crippen LogP contribution in [0.3, 0.4) is 0 Å². The second kappa shape index (κ2) is 27.6. The molecule has 0 spiro atoms. The first kappa shape index (κ1) is 63.4. The third-order valence-electron chi connectivity index (χ3n) is 19.0. The molecule has 0 atom stereocenters. The fourth-order valence-electron chi connectivity index (χ4n) is 14.1. The van der Waals surface area contributed by atoms with Gasteiger partial charge in [-0.25, -0.2) is 29.9 Å². The van der Waals surface area contributed by atoms with Crippen molar-refractivity contribution < 1.29 is 0 Å². The van der Waals surface area contributed by atoms with Crippen molar-refractivity contribution in [3.05, 3.63) is 365 Å². The number of nitrogens with zero attached hydrogens (tertiary/aromatic N) is 7. The van der Waals surface area contributed by atoms with Crippen molar-refractivity contribution in [3.8, 4) is 73.2 Å². The highest BCUT2D eigenvalue weighted by molar-refractivity contribution is 9.10. The van der Waals surface area contributed by atoms with Crippen molar-refractivity contribution in [2.24, 2.45) is 0 Å². The van der Waals surface area contributed by atoms with E-state index in [1.165, 1.54) is 76.6 Å². The molecule has 0 N–H and O–H groups in total. The summed E-state index contributed by atoms with van der Waals surface area (Å²) in [6, 6.07) is 111. The van der Waals surface area contributed by atoms with Crippen molar-refractivity contribution in [1.29, 1.82) is 0 Å². The van der Waals surface area contributed by atoms with Crippen molar-refractivity contribution in [1.82, 2.24) is 34.5 Å². The van der Waals surface area contributed by atoms with Gasteiger partial charge in [-0.3, -0.25) is 0 Å². The highest BCUT2D eigenvalue weighted by Crippen LogP contribution is 2.44. The third-order valence-corrected chi connectivity index (χ3v) is 20.2. The van der Waals surface area contributed by atoms with E-state index in [0.29, 0.717) is 22.9 Å². The highest BCUT2D eigenvalue weighted by Gasteiger charge is 2.23. The molecule has 1 aliphatic carbocycles. The van der Waals surface area contributed by atoms with Crippen molar-refractivity contribution in [2.45, 2.75) is 13.3 Å². The monoisotopic (exact) mass is 1410 g/mol. The predicted molar refractivity (Wildman–Crippen MR) is 430 cm³/mol. The number of hydrogen-bond acceptors (Lipinski definition) is 6. The maximum absolute atomic E-state index is 6.81. The summed E-state index contributed by atoms with van der Waals surface area (Å²) in [4.78, 5) is 28.8. The molecular formula is C92H60BrCl2N7. The number of rotatable bonds is 6. The molecular weight excluding hydrogens is 1350 g/mol. The van der Waals surface area contributed by atoms with Gasteiger partial charge in [0, 0.05) is 76.9 Å². The van der Waals surface area contributed by atoms with Crippen LogP contribution in [0.15, 0.2) is 338 Å². The Morgan fingerprint density at radius 1 is 0.333 bits per heavy atom. The van der Waals surface area contributed by atoms with Gasteiger partial charge in [-0.15, -0.1) is 0 Å². The Balaban J connectivity index is 0.000000113. The van der Waals surface area contributed by atoms with Crippen LogP contribution in [0.1, 0.15) is 16.7 Å². The van der Waals surface area contributed by atoms with Crippen molar-refractivity contribution in [2.75, 3.05) is 0 Å². The fourth-order valence-corrected chi connectivity index (χ4v) is 14.9. The molecule has 19 aromatic rings. The number of benzene rings is 14. The molecule has 7 nitrogen and oxygen atoms in total. The minimum absolute atomic E-state index is 0.641. The lowest BCUT2D eigenvalue weighted by atomic mass is 10.00. The third kappa shape index (κ3) is 12.4. The maximum Gasteiger partial charge on any atom is 0.163 e. The Labute approximate surface area is 607 Å². The van der Waals surface area contributed by atoms with Crippen LogP contribution in [0.4, 0.5) is 0 Å². The number of fused-ring (bicyclic) bond motifs is 12. The fraction of sp³-hybridized carbons (Fsp3) is 0.0217. The SMILES string of the molecule is Brc1ccc(-c2nc(-c3cccc4ccccc34)c3cccnc3n2)cc1.Cc1ccc(-c2ccccc2)cc1.Clc1cccc2c1-c1cc3ccccc3cc1C2.Clc1cccc2c1c1cc3ccccc3cc1n2-c1ccc(-c2nc(-c3cccc4ccccc34)c3cccnc3n2)cc1. The summed E-state index contributed by atoms with van der Waals surface area (Å²) in [5, 5.41) is 15.3. The molecule has 20 rings (SSSR count). The molecule has 10 heteroatoms. The Hall–Kier alpha value is -12.0. The molecule has 0 bridgehead atoms. The second-order valence-corrected chi connectivity index (χ2v) is 27.1. The summed E-state index contributed by atoms with van der Waals surface area (Å²) in [5.74, 6) is 1.32. The standard InChI is InChI=1S/C39H23ClN4.C23H14BrN3.C17H11Cl.C13H12/c40-33-15-6-16-34-36(33)32-22-26-9-1-2-10-27(26)23-35(32)44(34)28-19-17-25(18-20-28)38-42-37(31-14-7-21-41-39(31)43-38)30-13-5-11-24-8-3-4-12-29(24)30;24-17-12-10-16(11-13-17)22-26-21(20-9-4-14-25-23(20)27-22)19-8-3-6-15-5-1-2-7-18(15)19;18-16-7-3-6-13-9-14-8-11-4-1-2-5-12(11)10-15(14)17(13)16;1-11-7-9-13(10-8-11)12-5-3-2-4-6-12/h1-23H;1-14H;1-8,10H,9H2;2-10H,1H3. The van der Waals surface area contributed by atoms with Crippen LogP contribution in [-0.4, -0.2) is 34.5 Å². The molecule has 102 heavy (non-hydrogen) atoms. The van der Waals surface area contributed by atoms with E-state index in [2.05, 4.69) is 280 Å². The lowest BCUT2D eigenvalue weighted by Gasteiger charge is -2.12. The van der Waals surface area contributed by atoms with Gasteiger partial charge in [-0.2, -0.15) is 0 Å². The van der Waals surface area contributed by atoms with Gasteiger partial charge in [0.1, 0.15) is 0 Å². The molecule has 484 valence electrons. The Morgan fingerprint density at radius 3 is 1.41 bits per heavy atom. The van der Waals surface area contributed by atoms with Gasteiger partial charge in [0.15, 0.2) is 22.9 Å².